The molecule has 0 spiro atoms. The van der Waals surface area contributed by atoms with E-state index in [9.17, 15) is 4.79 Å². The first-order chi connectivity index (χ1) is 8.63. The fourth-order valence-electron chi connectivity index (χ4n) is 1.98. The predicted octanol–water partition coefficient (Wildman–Crippen LogP) is 0.542. The molecule has 1 unspecified atom stereocenters. The van der Waals surface area contributed by atoms with Crippen molar-refractivity contribution in [1.82, 2.24) is 10.6 Å². The summed E-state index contributed by atoms with van der Waals surface area (Å²) >= 11 is 0. The van der Waals surface area contributed by atoms with Crippen LogP contribution >= 0.6 is 0 Å². The highest BCUT2D eigenvalue weighted by molar-refractivity contribution is 5.77. The Kier molecular flexibility index (Phi) is 7.23. The smallest absolute Gasteiger partial charge is 0.246 e. The first-order valence-electron chi connectivity index (χ1n) is 6.74. The standard InChI is InChI=1S/C13H26N2O3/c1-10(2)12(8-17-3)15-13(16)9-18-11-4-6-14-7-5-11/h10-12,14H,4-9H2,1-3H3,(H,15,16). The van der Waals surface area contributed by atoms with Gasteiger partial charge in [0.2, 0.25) is 5.91 Å². The number of hydrogen-bond donors (Lipinski definition) is 2. The first-order valence-corrected chi connectivity index (χ1v) is 6.74. The summed E-state index contributed by atoms with van der Waals surface area (Å²) in [4.78, 5) is 11.8. The highest BCUT2D eigenvalue weighted by Gasteiger charge is 2.18. The summed E-state index contributed by atoms with van der Waals surface area (Å²) in [6.45, 7) is 6.78. The van der Waals surface area contributed by atoms with Gasteiger partial charge in [0.15, 0.2) is 0 Å². The molecular weight excluding hydrogens is 232 g/mol. The van der Waals surface area contributed by atoms with Gasteiger partial charge in [-0.1, -0.05) is 13.8 Å². The van der Waals surface area contributed by atoms with Gasteiger partial charge in [-0.25, -0.2) is 0 Å². The van der Waals surface area contributed by atoms with Crippen LogP contribution in [0.5, 0.6) is 0 Å². The van der Waals surface area contributed by atoms with E-state index >= 15 is 0 Å². The van der Waals surface area contributed by atoms with E-state index in [4.69, 9.17) is 9.47 Å². The molecule has 1 fully saturated rings. The van der Waals surface area contributed by atoms with Crippen LogP contribution < -0.4 is 10.6 Å². The van der Waals surface area contributed by atoms with Crippen LogP contribution in [-0.4, -0.2) is 51.5 Å². The molecular formula is C13H26N2O3. The molecule has 18 heavy (non-hydrogen) atoms. The highest BCUT2D eigenvalue weighted by Crippen LogP contribution is 2.07. The van der Waals surface area contributed by atoms with Crippen LogP contribution in [0.2, 0.25) is 0 Å². The van der Waals surface area contributed by atoms with Crippen molar-refractivity contribution in [2.45, 2.75) is 38.8 Å². The van der Waals surface area contributed by atoms with E-state index in [1.165, 1.54) is 0 Å². The van der Waals surface area contributed by atoms with Gasteiger partial charge in [-0.2, -0.15) is 0 Å². The summed E-state index contributed by atoms with van der Waals surface area (Å²) in [5.74, 6) is 0.303. The number of amides is 1. The van der Waals surface area contributed by atoms with Crippen molar-refractivity contribution in [2.75, 3.05) is 33.4 Å². The predicted molar refractivity (Wildman–Crippen MR) is 70.5 cm³/mol. The second-order valence-corrected chi connectivity index (χ2v) is 5.13. The summed E-state index contributed by atoms with van der Waals surface area (Å²) in [5.41, 5.74) is 0. The van der Waals surface area contributed by atoms with Gasteiger partial charge < -0.3 is 20.1 Å². The Morgan fingerprint density at radius 1 is 1.39 bits per heavy atom. The van der Waals surface area contributed by atoms with Crippen LogP contribution in [-0.2, 0) is 14.3 Å². The molecule has 0 aliphatic carbocycles. The quantitative estimate of drug-likeness (QED) is 0.700. The van der Waals surface area contributed by atoms with Crippen LogP contribution in [0, 0.1) is 5.92 Å². The second kappa shape index (κ2) is 8.45. The summed E-state index contributed by atoms with van der Waals surface area (Å²) in [6, 6.07) is 0.0547. The molecule has 1 amide bonds. The van der Waals surface area contributed by atoms with Crippen molar-refractivity contribution in [2.24, 2.45) is 5.92 Å². The fourth-order valence-corrected chi connectivity index (χ4v) is 1.98. The normalized spacial score (nSPS) is 18.9. The lowest BCUT2D eigenvalue weighted by Gasteiger charge is -2.24. The van der Waals surface area contributed by atoms with E-state index in [2.05, 4.69) is 24.5 Å². The molecule has 5 nitrogen and oxygen atoms in total. The molecule has 0 saturated carbocycles. The minimum Gasteiger partial charge on any atom is -0.383 e. The number of carbonyl (C=O) groups is 1. The minimum absolute atomic E-state index is 0.0516. The average molecular weight is 258 g/mol. The van der Waals surface area contributed by atoms with Crippen LogP contribution in [0.25, 0.3) is 0 Å². The lowest BCUT2D eigenvalue weighted by Crippen LogP contribution is -2.44. The van der Waals surface area contributed by atoms with Crippen LogP contribution in [0.3, 0.4) is 0 Å². The van der Waals surface area contributed by atoms with Crippen molar-refractivity contribution < 1.29 is 14.3 Å². The Morgan fingerprint density at radius 3 is 2.61 bits per heavy atom. The topological polar surface area (TPSA) is 59.6 Å². The van der Waals surface area contributed by atoms with Gasteiger partial charge in [0.05, 0.1) is 18.8 Å². The fraction of sp³-hybridized carbons (Fsp3) is 0.923. The first kappa shape index (κ1) is 15.4. The maximum absolute atomic E-state index is 11.8. The number of methoxy groups -OCH3 is 1. The van der Waals surface area contributed by atoms with E-state index in [1.807, 2.05) is 0 Å². The average Bonchev–Trinajstić information content (AvgIpc) is 2.37. The lowest BCUT2D eigenvalue weighted by molar-refractivity contribution is -0.129. The van der Waals surface area contributed by atoms with E-state index in [-0.39, 0.29) is 24.7 Å². The van der Waals surface area contributed by atoms with E-state index in [0.717, 1.165) is 25.9 Å². The molecule has 106 valence electrons. The van der Waals surface area contributed by atoms with Gasteiger partial charge in [0, 0.05) is 7.11 Å². The number of piperidine rings is 1. The summed E-state index contributed by atoms with van der Waals surface area (Å²) in [7, 11) is 1.65. The maximum atomic E-state index is 11.8. The molecule has 0 aromatic rings. The lowest BCUT2D eigenvalue weighted by atomic mass is 10.1. The molecule has 1 aliphatic heterocycles. The number of nitrogens with one attached hydrogen (secondary N) is 2. The molecule has 0 bridgehead atoms. The minimum atomic E-state index is -0.0516. The summed E-state index contributed by atoms with van der Waals surface area (Å²) in [6.07, 6.45) is 2.19. The summed E-state index contributed by atoms with van der Waals surface area (Å²) in [5, 5.41) is 6.22. The van der Waals surface area contributed by atoms with Crippen molar-refractivity contribution in [1.29, 1.82) is 0 Å². The number of hydrogen-bond acceptors (Lipinski definition) is 4. The number of ether oxygens (including phenoxy) is 2. The largest absolute Gasteiger partial charge is 0.383 e. The zero-order chi connectivity index (χ0) is 13.4. The van der Waals surface area contributed by atoms with Gasteiger partial charge >= 0.3 is 0 Å². The summed E-state index contributed by atoms with van der Waals surface area (Å²) < 4.78 is 10.7. The zero-order valence-corrected chi connectivity index (χ0v) is 11.7. The van der Waals surface area contributed by atoms with Crippen molar-refractivity contribution in [3.05, 3.63) is 0 Å². The third kappa shape index (κ3) is 5.80. The Morgan fingerprint density at radius 2 is 2.06 bits per heavy atom. The Labute approximate surface area is 110 Å². The van der Waals surface area contributed by atoms with E-state index < -0.39 is 0 Å². The second-order valence-electron chi connectivity index (χ2n) is 5.13. The van der Waals surface area contributed by atoms with E-state index in [0.29, 0.717) is 12.5 Å². The third-order valence-corrected chi connectivity index (χ3v) is 3.23. The van der Waals surface area contributed by atoms with Crippen molar-refractivity contribution in [3.63, 3.8) is 0 Å². The van der Waals surface area contributed by atoms with Gasteiger partial charge in [-0.05, 0) is 31.8 Å². The monoisotopic (exact) mass is 258 g/mol. The molecule has 1 saturated heterocycles. The van der Waals surface area contributed by atoms with Gasteiger partial charge in [0.25, 0.3) is 0 Å². The highest BCUT2D eigenvalue weighted by atomic mass is 16.5. The molecule has 5 heteroatoms. The third-order valence-electron chi connectivity index (χ3n) is 3.23. The zero-order valence-electron chi connectivity index (χ0n) is 11.7. The molecule has 1 rings (SSSR count). The molecule has 0 aromatic heterocycles. The Hall–Kier alpha value is -0.650. The molecule has 2 N–H and O–H groups in total. The molecule has 1 atom stereocenters. The van der Waals surface area contributed by atoms with Gasteiger partial charge in [-0.15, -0.1) is 0 Å². The van der Waals surface area contributed by atoms with Crippen LogP contribution in [0.15, 0.2) is 0 Å². The SMILES string of the molecule is COCC(NC(=O)COC1CCNCC1)C(C)C. The van der Waals surface area contributed by atoms with Crippen LogP contribution in [0.4, 0.5) is 0 Å². The maximum Gasteiger partial charge on any atom is 0.246 e. The Bertz CT molecular complexity index is 240. The molecule has 0 radical (unpaired) electrons. The molecule has 0 aromatic carbocycles. The van der Waals surface area contributed by atoms with E-state index in [1.54, 1.807) is 7.11 Å². The Balaban J connectivity index is 2.22. The number of rotatable bonds is 7. The van der Waals surface area contributed by atoms with Gasteiger partial charge in [0.1, 0.15) is 6.61 Å². The van der Waals surface area contributed by atoms with Crippen LogP contribution in [0.1, 0.15) is 26.7 Å². The van der Waals surface area contributed by atoms with Gasteiger partial charge in [-0.3, -0.25) is 4.79 Å². The molecule has 1 heterocycles. The molecule has 1 aliphatic rings. The number of carbonyl (C=O) groups excluding carboxylic acids is 1. The van der Waals surface area contributed by atoms with Crippen molar-refractivity contribution >= 4 is 5.91 Å². The van der Waals surface area contributed by atoms with Crippen molar-refractivity contribution in [3.8, 4) is 0 Å².